The lowest BCUT2D eigenvalue weighted by Crippen LogP contribution is -2.33. The lowest BCUT2D eigenvalue weighted by atomic mass is 9.98. The molecule has 0 saturated heterocycles. The van der Waals surface area contributed by atoms with Crippen LogP contribution in [0.3, 0.4) is 0 Å². The van der Waals surface area contributed by atoms with Crippen LogP contribution in [0.4, 0.5) is 0 Å². The number of rotatable bonds is 4. The highest BCUT2D eigenvalue weighted by Gasteiger charge is 2.25. The Morgan fingerprint density at radius 1 is 1.05 bits per heavy atom. The summed E-state index contributed by atoms with van der Waals surface area (Å²) in [5, 5.41) is 0. The van der Waals surface area contributed by atoms with Gasteiger partial charge >= 0.3 is 11.9 Å². The van der Waals surface area contributed by atoms with Crippen LogP contribution in [-0.2, 0) is 24.0 Å². The summed E-state index contributed by atoms with van der Waals surface area (Å²) in [5.41, 5.74) is 0.862. The Kier molecular flexibility index (Phi) is 6.86. The third-order valence-corrected chi connectivity index (χ3v) is 2.48. The van der Waals surface area contributed by atoms with Crippen LogP contribution in [0.25, 0.3) is 0 Å². The average molecular weight is 301 g/mol. The highest BCUT2D eigenvalue weighted by atomic mass is 16.7. The molecule has 122 valence electrons. The van der Waals surface area contributed by atoms with Crippen LogP contribution in [0.5, 0.6) is 0 Å². The monoisotopic (exact) mass is 301 g/mol. The first-order valence-electron chi connectivity index (χ1n) is 7.06. The van der Waals surface area contributed by atoms with Gasteiger partial charge in [0.25, 0.3) is 5.91 Å². The van der Waals surface area contributed by atoms with E-state index in [1.807, 2.05) is 0 Å². The molecule has 21 heavy (non-hydrogen) atoms. The first kappa shape index (κ1) is 19.4. The molecule has 0 bridgehead atoms. The quantitative estimate of drug-likeness (QED) is 0.637. The molecule has 1 amide bonds. The van der Waals surface area contributed by atoms with Crippen LogP contribution in [-0.4, -0.2) is 23.4 Å². The second-order valence-electron chi connectivity index (χ2n) is 7.14. The van der Waals surface area contributed by atoms with Crippen molar-refractivity contribution in [2.75, 3.05) is 0 Å². The zero-order chi connectivity index (χ0) is 16.8. The normalized spacial score (nSPS) is 13.3. The van der Waals surface area contributed by atoms with E-state index in [9.17, 15) is 14.4 Å². The molecule has 1 unspecified atom stereocenters. The van der Waals surface area contributed by atoms with Crippen LogP contribution in [0, 0.1) is 11.3 Å². The Labute approximate surface area is 126 Å². The van der Waals surface area contributed by atoms with Crippen molar-refractivity contribution < 1.29 is 24.0 Å². The molecule has 0 saturated carbocycles. The Morgan fingerprint density at radius 3 is 2.00 bits per heavy atom. The van der Waals surface area contributed by atoms with Crippen molar-refractivity contribution in [2.24, 2.45) is 11.3 Å². The summed E-state index contributed by atoms with van der Waals surface area (Å²) < 4.78 is 5.22. The van der Waals surface area contributed by atoms with Crippen molar-refractivity contribution in [1.29, 1.82) is 0 Å². The first-order valence-corrected chi connectivity index (χ1v) is 7.06. The molecule has 0 spiro atoms. The lowest BCUT2D eigenvalue weighted by Gasteiger charge is -2.22. The maximum Gasteiger partial charge on any atom is 0.337 e. The summed E-state index contributed by atoms with van der Waals surface area (Å²) in [6.45, 7) is 12.1. The van der Waals surface area contributed by atoms with E-state index in [1.165, 1.54) is 0 Å². The Balaban J connectivity index is 4.09. The summed E-state index contributed by atoms with van der Waals surface area (Å²) in [4.78, 5) is 39.4. The molecule has 0 aromatic rings. The van der Waals surface area contributed by atoms with E-state index in [4.69, 9.17) is 4.74 Å². The van der Waals surface area contributed by atoms with Gasteiger partial charge in [0, 0.05) is 6.42 Å². The second kappa shape index (κ2) is 7.43. The Hall–Kier alpha value is -1.59. The molecule has 1 atom stereocenters. The SMILES string of the molecule is CC(CCC(=O)NOC(=O)C(C)(C)C)C(=O)OC(C)(C)C. The average Bonchev–Trinajstić information content (AvgIpc) is 2.29. The minimum Gasteiger partial charge on any atom is -0.460 e. The Bertz CT molecular complexity index is 390. The molecule has 6 heteroatoms. The molecule has 6 nitrogen and oxygen atoms in total. The van der Waals surface area contributed by atoms with Gasteiger partial charge in [0.1, 0.15) is 5.60 Å². The van der Waals surface area contributed by atoms with Crippen LogP contribution in [0.2, 0.25) is 0 Å². The summed E-state index contributed by atoms with van der Waals surface area (Å²) >= 11 is 0. The van der Waals surface area contributed by atoms with E-state index in [1.54, 1.807) is 48.5 Å². The summed E-state index contributed by atoms with van der Waals surface area (Å²) in [5.74, 6) is -1.70. The van der Waals surface area contributed by atoms with Gasteiger partial charge in [-0.1, -0.05) is 6.92 Å². The highest BCUT2D eigenvalue weighted by Crippen LogP contribution is 2.15. The van der Waals surface area contributed by atoms with E-state index >= 15 is 0 Å². The van der Waals surface area contributed by atoms with E-state index in [0.717, 1.165) is 0 Å². The molecule has 0 aromatic carbocycles. The predicted octanol–water partition coefficient (Wildman–Crippen LogP) is 2.36. The van der Waals surface area contributed by atoms with Crippen molar-refractivity contribution in [3.05, 3.63) is 0 Å². The molecule has 0 rings (SSSR count). The molecule has 0 aliphatic carbocycles. The van der Waals surface area contributed by atoms with Gasteiger partial charge in [0.15, 0.2) is 0 Å². The number of carbonyl (C=O) groups excluding carboxylic acids is 3. The fraction of sp³-hybridized carbons (Fsp3) is 0.800. The molecule has 0 aliphatic rings. The number of hydroxylamine groups is 1. The molecule has 0 heterocycles. The zero-order valence-electron chi connectivity index (χ0n) is 14.0. The van der Waals surface area contributed by atoms with Gasteiger partial charge in [-0.25, -0.2) is 4.79 Å². The third-order valence-electron chi connectivity index (χ3n) is 2.48. The number of esters is 1. The molecule has 0 aromatic heterocycles. The first-order chi connectivity index (χ1) is 9.33. The number of hydrogen-bond acceptors (Lipinski definition) is 5. The predicted molar refractivity (Wildman–Crippen MR) is 77.9 cm³/mol. The highest BCUT2D eigenvalue weighted by molar-refractivity contribution is 5.80. The number of carbonyl (C=O) groups is 3. The van der Waals surface area contributed by atoms with Crippen LogP contribution >= 0.6 is 0 Å². The zero-order valence-corrected chi connectivity index (χ0v) is 14.0. The molecule has 0 aliphatic heterocycles. The Morgan fingerprint density at radius 2 is 1.57 bits per heavy atom. The van der Waals surface area contributed by atoms with Gasteiger partial charge in [0.2, 0.25) is 0 Å². The van der Waals surface area contributed by atoms with Crippen LogP contribution < -0.4 is 5.48 Å². The largest absolute Gasteiger partial charge is 0.460 e. The number of hydrogen-bond donors (Lipinski definition) is 1. The lowest BCUT2D eigenvalue weighted by molar-refractivity contribution is -0.166. The minimum atomic E-state index is -0.683. The molecular weight excluding hydrogens is 274 g/mol. The maximum atomic E-state index is 11.7. The third kappa shape index (κ3) is 9.05. The number of amides is 1. The fourth-order valence-corrected chi connectivity index (χ4v) is 1.18. The van der Waals surface area contributed by atoms with Crippen molar-refractivity contribution in [3.8, 4) is 0 Å². The van der Waals surface area contributed by atoms with Crippen molar-refractivity contribution in [3.63, 3.8) is 0 Å². The van der Waals surface area contributed by atoms with Crippen molar-refractivity contribution in [2.45, 2.75) is 66.9 Å². The molecule has 0 fully saturated rings. The van der Waals surface area contributed by atoms with Crippen LogP contribution in [0.1, 0.15) is 61.3 Å². The molecular formula is C15H27NO5. The standard InChI is InChI=1S/C15H27NO5/c1-10(12(18)20-15(5,6)7)8-9-11(17)16-21-13(19)14(2,3)4/h10H,8-9H2,1-7H3,(H,16,17). The second-order valence-corrected chi connectivity index (χ2v) is 7.14. The van der Waals surface area contributed by atoms with Gasteiger partial charge in [-0.3, -0.25) is 9.59 Å². The van der Waals surface area contributed by atoms with Gasteiger partial charge in [-0.05, 0) is 48.0 Å². The maximum absolute atomic E-state index is 11.7. The summed E-state index contributed by atoms with van der Waals surface area (Å²) in [6.07, 6.45) is 0.408. The summed E-state index contributed by atoms with van der Waals surface area (Å²) in [6, 6.07) is 0. The van der Waals surface area contributed by atoms with Crippen molar-refractivity contribution >= 4 is 17.8 Å². The van der Waals surface area contributed by atoms with E-state index < -0.39 is 28.8 Å². The van der Waals surface area contributed by atoms with Gasteiger partial charge < -0.3 is 9.57 Å². The topological polar surface area (TPSA) is 81.7 Å². The van der Waals surface area contributed by atoms with E-state index in [-0.39, 0.29) is 12.4 Å². The van der Waals surface area contributed by atoms with E-state index in [0.29, 0.717) is 6.42 Å². The van der Waals surface area contributed by atoms with E-state index in [2.05, 4.69) is 10.3 Å². The number of nitrogens with one attached hydrogen (secondary N) is 1. The number of ether oxygens (including phenoxy) is 1. The van der Waals surface area contributed by atoms with Crippen molar-refractivity contribution in [1.82, 2.24) is 5.48 Å². The minimum absolute atomic E-state index is 0.0812. The molecule has 0 radical (unpaired) electrons. The van der Waals surface area contributed by atoms with Gasteiger partial charge in [0.05, 0.1) is 11.3 Å². The van der Waals surface area contributed by atoms with Crippen LogP contribution in [0.15, 0.2) is 0 Å². The van der Waals surface area contributed by atoms with Gasteiger partial charge in [-0.15, -0.1) is 0 Å². The summed E-state index contributed by atoms with van der Waals surface area (Å²) in [7, 11) is 0. The molecule has 1 N–H and O–H groups in total. The smallest absolute Gasteiger partial charge is 0.337 e. The fourth-order valence-electron chi connectivity index (χ4n) is 1.18. The van der Waals surface area contributed by atoms with Gasteiger partial charge in [-0.2, -0.15) is 5.48 Å².